The lowest BCUT2D eigenvalue weighted by molar-refractivity contribution is -0.0279. The first-order valence-electron chi connectivity index (χ1n) is 25.6. The largest absolute Gasteiger partial charge is 0.491 e. The van der Waals surface area contributed by atoms with Crippen LogP contribution in [0.5, 0.6) is 11.5 Å². The lowest BCUT2D eigenvalue weighted by Gasteiger charge is -2.09. The van der Waals surface area contributed by atoms with Crippen molar-refractivity contribution < 1.29 is 61.6 Å². The minimum atomic E-state index is 0.507. The van der Waals surface area contributed by atoms with E-state index in [9.17, 15) is 0 Å². The standard InChI is InChI=1S/C53H92O13/c1-3-5-7-9-11-13-15-17-51-20-24-53(25-21-51)66-49-47-64-45-43-62-41-39-60-37-35-58-33-31-56-29-27-54-26-28-55-30-32-57-34-36-59-38-40-61-42-44-63-46-48-65-52-22-18-50(19-23-52)16-14-12-10-8-6-4-2/h18-25H,3-17,26-49H2,1-2H3. The van der Waals surface area contributed by atoms with Crippen LogP contribution in [-0.2, 0) is 64.9 Å². The molecular weight excluding hydrogens is 845 g/mol. The molecule has 0 bridgehead atoms. The number of hydrogen-bond acceptors (Lipinski definition) is 13. The molecule has 66 heavy (non-hydrogen) atoms. The molecule has 0 saturated carbocycles. The minimum Gasteiger partial charge on any atom is -0.491 e. The molecule has 2 aromatic carbocycles. The van der Waals surface area contributed by atoms with Crippen LogP contribution in [-0.4, -0.2) is 159 Å². The van der Waals surface area contributed by atoms with Crippen molar-refractivity contribution in [3.63, 3.8) is 0 Å². The molecular formula is C53H92O13. The third-order valence-corrected chi connectivity index (χ3v) is 10.4. The maximum absolute atomic E-state index is 5.80. The first-order chi connectivity index (χ1) is 32.8. The molecule has 0 aliphatic rings. The molecule has 0 saturated heterocycles. The lowest BCUT2D eigenvalue weighted by Crippen LogP contribution is -2.15. The average Bonchev–Trinajstić information content (AvgIpc) is 3.34. The normalized spacial score (nSPS) is 11.5. The van der Waals surface area contributed by atoms with Gasteiger partial charge in [0, 0.05) is 0 Å². The Bertz CT molecular complexity index is 1240. The quantitative estimate of drug-likeness (QED) is 0.0587. The first kappa shape index (κ1) is 59.7. The molecule has 0 fully saturated rings. The molecule has 0 spiro atoms. The van der Waals surface area contributed by atoms with Gasteiger partial charge in [0.25, 0.3) is 0 Å². The predicted molar refractivity (Wildman–Crippen MR) is 262 cm³/mol. The van der Waals surface area contributed by atoms with Gasteiger partial charge in [0.2, 0.25) is 0 Å². The summed E-state index contributed by atoms with van der Waals surface area (Å²) in [6, 6.07) is 16.9. The van der Waals surface area contributed by atoms with Gasteiger partial charge in [-0.25, -0.2) is 0 Å². The van der Waals surface area contributed by atoms with E-state index < -0.39 is 0 Å². The summed E-state index contributed by atoms with van der Waals surface area (Å²) >= 11 is 0. The van der Waals surface area contributed by atoms with E-state index in [1.807, 2.05) is 0 Å². The number of aryl methyl sites for hydroxylation is 2. The first-order valence-corrected chi connectivity index (χ1v) is 25.6. The van der Waals surface area contributed by atoms with Crippen LogP contribution in [0, 0.1) is 0 Å². The van der Waals surface area contributed by atoms with Crippen LogP contribution in [0.4, 0.5) is 0 Å². The van der Waals surface area contributed by atoms with Gasteiger partial charge in [0.15, 0.2) is 0 Å². The maximum Gasteiger partial charge on any atom is 0.119 e. The Labute approximate surface area is 400 Å². The Morgan fingerprint density at radius 2 is 0.424 bits per heavy atom. The summed E-state index contributed by atoms with van der Waals surface area (Å²) in [5.41, 5.74) is 2.76. The third-order valence-electron chi connectivity index (χ3n) is 10.4. The number of ether oxygens (including phenoxy) is 13. The van der Waals surface area contributed by atoms with Crippen LogP contribution in [0.3, 0.4) is 0 Å². The van der Waals surface area contributed by atoms with E-state index in [-0.39, 0.29) is 0 Å². The monoisotopic (exact) mass is 937 g/mol. The molecule has 13 heteroatoms. The maximum atomic E-state index is 5.80. The minimum absolute atomic E-state index is 0.507. The van der Waals surface area contributed by atoms with Gasteiger partial charge in [0.1, 0.15) is 24.7 Å². The molecule has 2 rings (SSSR count). The smallest absolute Gasteiger partial charge is 0.119 e. The van der Waals surface area contributed by atoms with Crippen molar-refractivity contribution in [2.75, 3.05) is 159 Å². The molecule has 13 nitrogen and oxygen atoms in total. The fourth-order valence-electron chi connectivity index (χ4n) is 6.64. The van der Waals surface area contributed by atoms with Gasteiger partial charge in [-0.05, 0) is 61.1 Å². The van der Waals surface area contributed by atoms with Crippen LogP contribution >= 0.6 is 0 Å². The molecule has 0 atom stereocenters. The van der Waals surface area contributed by atoms with Crippen molar-refractivity contribution in [3.8, 4) is 11.5 Å². The molecule has 2 aromatic rings. The molecule has 0 heterocycles. The van der Waals surface area contributed by atoms with Gasteiger partial charge < -0.3 is 61.6 Å². The zero-order valence-corrected chi connectivity index (χ0v) is 41.5. The zero-order chi connectivity index (χ0) is 46.7. The number of rotatable bonds is 53. The molecule has 0 aliphatic heterocycles. The molecule has 0 aromatic heterocycles. The molecule has 0 N–H and O–H groups in total. The molecule has 0 unspecified atom stereocenters. The van der Waals surface area contributed by atoms with Crippen LogP contribution in [0.1, 0.15) is 108 Å². The highest BCUT2D eigenvalue weighted by Gasteiger charge is 2.01. The summed E-state index contributed by atoms with van der Waals surface area (Å²) in [4.78, 5) is 0. The second kappa shape index (κ2) is 49.0. The Balaban J connectivity index is 1.16. The fourth-order valence-corrected chi connectivity index (χ4v) is 6.64. The highest BCUT2D eigenvalue weighted by atomic mass is 16.6. The average molecular weight is 937 g/mol. The second-order valence-electron chi connectivity index (χ2n) is 16.1. The van der Waals surface area contributed by atoms with E-state index in [0.29, 0.717) is 159 Å². The third kappa shape index (κ3) is 40.6. The van der Waals surface area contributed by atoms with Crippen molar-refractivity contribution in [2.24, 2.45) is 0 Å². The number of hydrogen-bond donors (Lipinski definition) is 0. The van der Waals surface area contributed by atoms with Crippen molar-refractivity contribution in [1.29, 1.82) is 0 Å². The van der Waals surface area contributed by atoms with Gasteiger partial charge >= 0.3 is 0 Å². The van der Waals surface area contributed by atoms with E-state index in [1.54, 1.807) is 0 Å². The fraction of sp³-hybridized carbons (Fsp3) is 0.774. The summed E-state index contributed by atoms with van der Waals surface area (Å²) in [6.45, 7) is 16.9. The highest BCUT2D eigenvalue weighted by Crippen LogP contribution is 2.17. The topological polar surface area (TPSA) is 120 Å². The summed E-state index contributed by atoms with van der Waals surface area (Å²) in [5, 5.41) is 0. The van der Waals surface area contributed by atoms with Gasteiger partial charge in [-0.1, -0.05) is 109 Å². The van der Waals surface area contributed by atoms with Crippen molar-refractivity contribution in [3.05, 3.63) is 59.7 Å². The summed E-state index contributed by atoms with van der Waals surface area (Å²) < 4.78 is 72.7. The zero-order valence-electron chi connectivity index (χ0n) is 41.5. The Kier molecular flexibility index (Phi) is 44.4. The Hall–Kier alpha value is -2.40. The van der Waals surface area contributed by atoms with Gasteiger partial charge in [-0.15, -0.1) is 0 Å². The summed E-state index contributed by atoms with van der Waals surface area (Å²) in [6.07, 6.45) is 19.6. The van der Waals surface area contributed by atoms with E-state index in [2.05, 4.69) is 62.4 Å². The van der Waals surface area contributed by atoms with Gasteiger partial charge in [-0.2, -0.15) is 0 Å². The highest BCUT2D eigenvalue weighted by molar-refractivity contribution is 5.28. The SMILES string of the molecule is CCCCCCCCCc1ccc(OCCOCCOCCOCCOCCOCCOCCOCCOCCOCCOCCOCCOc2ccc(CCCCCCCC)cc2)cc1. The summed E-state index contributed by atoms with van der Waals surface area (Å²) in [5.74, 6) is 1.77. The number of unbranched alkanes of at least 4 members (excludes halogenated alkanes) is 11. The lowest BCUT2D eigenvalue weighted by atomic mass is 10.0. The van der Waals surface area contributed by atoms with E-state index in [1.165, 1.54) is 94.6 Å². The van der Waals surface area contributed by atoms with Gasteiger partial charge in [0.05, 0.1) is 145 Å². The second-order valence-corrected chi connectivity index (χ2v) is 16.1. The van der Waals surface area contributed by atoms with Crippen molar-refractivity contribution in [2.45, 2.75) is 110 Å². The van der Waals surface area contributed by atoms with E-state index in [4.69, 9.17) is 61.6 Å². The molecule has 382 valence electrons. The van der Waals surface area contributed by atoms with Crippen LogP contribution in [0.25, 0.3) is 0 Å². The predicted octanol–water partition coefficient (Wildman–Crippen LogP) is 9.52. The Morgan fingerprint density at radius 1 is 0.227 bits per heavy atom. The molecule has 0 amide bonds. The van der Waals surface area contributed by atoms with E-state index >= 15 is 0 Å². The molecule has 0 radical (unpaired) electrons. The van der Waals surface area contributed by atoms with Gasteiger partial charge in [-0.3, -0.25) is 0 Å². The van der Waals surface area contributed by atoms with Crippen LogP contribution < -0.4 is 9.47 Å². The summed E-state index contributed by atoms with van der Waals surface area (Å²) in [7, 11) is 0. The van der Waals surface area contributed by atoms with Crippen LogP contribution in [0.15, 0.2) is 48.5 Å². The van der Waals surface area contributed by atoms with E-state index in [0.717, 1.165) is 24.3 Å². The van der Waals surface area contributed by atoms with Crippen molar-refractivity contribution in [1.82, 2.24) is 0 Å². The van der Waals surface area contributed by atoms with Crippen LogP contribution in [0.2, 0.25) is 0 Å². The molecule has 0 aliphatic carbocycles. The Morgan fingerprint density at radius 3 is 0.652 bits per heavy atom. The van der Waals surface area contributed by atoms with Crippen molar-refractivity contribution >= 4 is 0 Å². The number of benzene rings is 2.